The smallest absolute Gasteiger partial charge is 0.282 e. The Labute approximate surface area is 161 Å². The fourth-order valence-electron chi connectivity index (χ4n) is 2.63. The average molecular weight is 381 g/mol. The lowest BCUT2D eigenvalue weighted by atomic mass is 10.1. The summed E-state index contributed by atoms with van der Waals surface area (Å²) >= 11 is 0. The first-order chi connectivity index (χ1) is 13.5. The number of para-hydroxylation sites is 1. The van der Waals surface area contributed by atoms with E-state index in [1.54, 1.807) is 49.4 Å². The molecule has 2 aromatic rings. The molecule has 144 valence electrons. The molecule has 0 aliphatic carbocycles. The van der Waals surface area contributed by atoms with Gasteiger partial charge in [0.2, 0.25) is 0 Å². The molecule has 0 spiro atoms. The second kappa shape index (κ2) is 8.26. The van der Waals surface area contributed by atoms with Crippen LogP contribution in [0, 0.1) is 0 Å². The molecule has 3 N–H and O–H groups in total. The third-order valence-corrected chi connectivity index (χ3v) is 3.85. The summed E-state index contributed by atoms with van der Waals surface area (Å²) in [4.78, 5) is 35.8. The van der Waals surface area contributed by atoms with Gasteiger partial charge in [-0.05, 0) is 42.8 Å². The number of rotatable bonds is 7. The minimum atomic E-state index is -0.608. The van der Waals surface area contributed by atoms with E-state index >= 15 is 0 Å². The SMILES string of the molecule is CCOc1cc(/C=C2\C(=O)NN(c3ccccc3)C2=O)ccc1OCC(N)=O. The standard InChI is InChI=1S/C20H19N3O5/c1-2-27-17-11-13(8-9-16(17)28-12-18(21)24)10-15-19(25)22-23(20(15)26)14-6-4-3-5-7-14/h3-11H,2,12H2,1H3,(H2,21,24)(H,22,25)/b15-10+. The molecule has 8 nitrogen and oxygen atoms in total. The molecule has 3 amide bonds. The van der Waals surface area contributed by atoms with E-state index in [9.17, 15) is 14.4 Å². The fraction of sp³-hybridized carbons (Fsp3) is 0.150. The number of primary amides is 1. The minimum Gasteiger partial charge on any atom is -0.490 e. The predicted octanol–water partition coefficient (Wildman–Crippen LogP) is 1.41. The van der Waals surface area contributed by atoms with E-state index in [1.807, 2.05) is 6.07 Å². The van der Waals surface area contributed by atoms with Crippen LogP contribution < -0.4 is 25.6 Å². The van der Waals surface area contributed by atoms with Crippen molar-refractivity contribution in [1.82, 2.24) is 5.43 Å². The lowest BCUT2D eigenvalue weighted by Crippen LogP contribution is -2.35. The fourth-order valence-corrected chi connectivity index (χ4v) is 2.63. The number of nitrogens with zero attached hydrogens (tertiary/aromatic N) is 1. The van der Waals surface area contributed by atoms with Crippen LogP contribution in [0.25, 0.3) is 6.08 Å². The zero-order valence-corrected chi connectivity index (χ0v) is 15.2. The third kappa shape index (κ3) is 4.12. The van der Waals surface area contributed by atoms with Crippen LogP contribution in [-0.2, 0) is 14.4 Å². The van der Waals surface area contributed by atoms with Gasteiger partial charge in [0.25, 0.3) is 17.7 Å². The summed E-state index contributed by atoms with van der Waals surface area (Å²) in [6, 6.07) is 13.7. The van der Waals surface area contributed by atoms with Gasteiger partial charge >= 0.3 is 0 Å². The number of carbonyl (C=O) groups excluding carboxylic acids is 3. The Kier molecular flexibility index (Phi) is 5.59. The van der Waals surface area contributed by atoms with Crippen molar-refractivity contribution in [3.8, 4) is 11.5 Å². The molecular weight excluding hydrogens is 362 g/mol. The topological polar surface area (TPSA) is 111 Å². The molecule has 0 atom stereocenters. The number of ether oxygens (including phenoxy) is 2. The van der Waals surface area contributed by atoms with Gasteiger partial charge in [-0.1, -0.05) is 24.3 Å². The molecule has 1 fully saturated rings. The van der Waals surface area contributed by atoms with Crippen LogP contribution in [-0.4, -0.2) is 30.9 Å². The molecule has 0 aromatic heterocycles. The maximum atomic E-state index is 12.6. The van der Waals surface area contributed by atoms with Crippen molar-refractivity contribution in [3.63, 3.8) is 0 Å². The van der Waals surface area contributed by atoms with Gasteiger partial charge in [0.05, 0.1) is 12.3 Å². The van der Waals surface area contributed by atoms with Crippen LogP contribution in [0.1, 0.15) is 12.5 Å². The number of benzene rings is 2. The zero-order chi connectivity index (χ0) is 20.1. The summed E-state index contributed by atoms with van der Waals surface area (Å²) in [7, 11) is 0. The van der Waals surface area contributed by atoms with Crippen LogP contribution in [0.3, 0.4) is 0 Å². The van der Waals surface area contributed by atoms with E-state index in [2.05, 4.69) is 5.43 Å². The highest BCUT2D eigenvalue weighted by atomic mass is 16.5. The minimum absolute atomic E-state index is 0.00268. The van der Waals surface area contributed by atoms with Crippen LogP contribution in [0.15, 0.2) is 54.1 Å². The maximum Gasteiger partial charge on any atom is 0.282 e. The Balaban J connectivity index is 1.87. The molecular formula is C20H19N3O5. The molecule has 1 aliphatic heterocycles. The van der Waals surface area contributed by atoms with Crippen molar-refractivity contribution in [2.45, 2.75) is 6.92 Å². The van der Waals surface area contributed by atoms with Gasteiger partial charge in [-0.25, -0.2) is 5.01 Å². The normalized spacial score (nSPS) is 14.9. The first-order valence-corrected chi connectivity index (χ1v) is 8.59. The van der Waals surface area contributed by atoms with E-state index in [1.165, 1.54) is 11.1 Å². The van der Waals surface area contributed by atoms with Gasteiger partial charge in [0.1, 0.15) is 5.57 Å². The highest BCUT2D eigenvalue weighted by Crippen LogP contribution is 2.30. The third-order valence-electron chi connectivity index (χ3n) is 3.85. The predicted molar refractivity (Wildman–Crippen MR) is 102 cm³/mol. The van der Waals surface area contributed by atoms with Crippen molar-refractivity contribution < 1.29 is 23.9 Å². The van der Waals surface area contributed by atoms with E-state index in [-0.39, 0.29) is 12.2 Å². The van der Waals surface area contributed by atoms with Crippen LogP contribution in [0.5, 0.6) is 11.5 Å². The number of nitrogens with one attached hydrogen (secondary N) is 1. The van der Waals surface area contributed by atoms with Crippen LogP contribution >= 0.6 is 0 Å². The summed E-state index contributed by atoms with van der Waals surface area (Å²) in [6.45, 7) is 1.89. The number of hydrazine groups is 1. The average Bonchev–Trinajstić information content (AvgIpc) is 2.96. The van der Waals surface area contributed by atoms with Crippen molar-refractivity contribution in [2.75, 3.05) is 18.2 Å². The molecule has 0 radical (unpaired) electrons. The van der Waals surface area contributed by atoms with Gasteiger partial charge in [0, 0.05) is 0 Å². The number of hydrogen-bond donors (Lipinski definition) is 2. The molecule has 1 heterocycles. The Hall–Kier alpha value is -3.81. The molecule has 3 rings (SSSR count). The first-order valence-electron chi connectivity index (χ1n) is 8.59. The second-order valence-electron chi connectivity index (χ2n) is 5.87. The summed E-state index contributed by atoms with van der Waals surface area (Å²) in [5.41, 5.74) is 8.77. The lowest BCUT2D eigenvalue weighted by Gasteiger charge is -2.14. The first kappa shape index (κ1) is 19.0. The Bertz CT molecular complexity index is 940. The van der Waals surface area contributed by atoms with Crippen molar-refractivity contribution in [1.29, 1.82) is 0 Å². The lowest BCUT2D eigenvalue weighted by molar-refractivity contribution is -0.120. The summed E-state index contributed by atoms with van der Waals surface area (Å²) in [6.07, 6.45) is 1.47. The molecule has 1 saturated heterocycles. The molecule has 2 aromatic carbocycles. The number of hydrogen-bond acceptors (Lipinski definition) is 5. The molecule has 28 heavy (non-hydrogen) atoms. The summed E-state index contributed by atoms with van der Waals surface area (Å²) < 4.78 is 10.8. The van der Waals surface area contributed by atoms with Crippen molar-refractivity contribution in [2.24, 2.45) is 5.73 Å². The molecule has 1 aliphatic rings. The number of nitrogens with two attached hydrogens (primary N) is 1. The van der Waals surface area contributed by atoms with Gasteiger partial charge in [0.15, 0.2) is 18.1 Å². The van der Waals surface area contributed by atoms with Crippen LogP contribution in [0.4, 0.5) is 5.69 Å². The summed E-state index contributed by atoms with van der Waals surface area (Å²) in [5, 5.41) is 1.20. The summed E-state index contributed by atoms with van der Waals surface area (Å²) in [5.74, 6) is -0.841. The Morgan fingerprint density at radius 1 is 1.11 bits per heavy atom. The maximum absolute atomic E-state index is 12.6. The van der Waals surface area contributed by atoms with Gasteiger partial charge < -0.3 is 15.2 Å². The number of anilines is 1. The van der Waals surface area contributed by atoms with Crippen LogP contribution in [0.2, 0.25) is 0 Å². The Morgan fingerprint density at radius 2 is 1.86 bits per heavy atom. The van der Waals surface area contributed by atoms with Gasteiger partial charge in [-0.15, -0.1) is 0 Å². The molecule has 8 heteroatoms. The van der Waals surface area contributed by atoms with Crippen molar-refractivity contribution in [3.05, 3.63) is 59.7 Å². The largest absolute Gasteiger partial charge is 0.490 e. The van der Waals surface area contributed by atoms with E-state index in [0.717, 1.165) is 0 Å². The monoisotopic (exact) mass is 381 g/mol. The number of carbonyl (C=O) groups is 3. The highest BCUT2D eigenvalue weighted by Gasteiger charge is 2.34. The second-order valence-corrected chi connectivity index (χ2v) is 5.87. The zero-order valence-electron chi connectivity index (χ0n) is 15.2. The molecule has 0 unspecified atom stereocenters. The van der Waals surface area contributed by atoms with Gasteiger partial charge in [-0.2, -0.15) is 0 Å². The van der Waals surface area contributed by atoms with E-state index in [0.29, 0.717) is 29.4 Å². The quantitative estimate of drug-likeness (QED) is 0.556. The molecule has 0 saturated carbocycles. The highest BCUT2D eigenvalue weighted by molar-refractivity contribution is 6.31. The van der Waals surface area contributed by atoms with Gasteiger partial charge in [-0.3, -0.25) is 19.8 Å². The van der Waals surface area contributed by atoms with Crippen molar-refractivity contribution >= 4 is 29.5 Å². The van der Waals surface area contributed by atoms with E-state index in [4.69, 9.17) is 15.2 Å². The Morgan fingerprint density at radius 3 is 2.54 bits per heavy atom. The van der Waals surface area contributed by atoms with E-state index < -0.39 is 17.7 Å². The molecule has 0 bridgehead atoms. The number of amides is 3.